The molecule has 0 radical (unpaired) electrons. The second-order valence-corrected chi connectivity index (χ2v) is 7.51. The summed E-state index contributed by atoms with van der Waals surface area (Å²) < 4.78 is 41.2. The van der Waals surface area contributed by atoms with Crippen molar-refractivity contribution in [3.63, 3.8) is 0 Å². The van der Waals surface area contributed by atoms with Crippen molar-refractivity contribution in [2.45, 2.75) is 57.4 Å². The van der Waals surface area contributed by atoms with Gasteiger partial charge in [0.2, 0.25) is 10.0 Å². The van der Waals surface area contributed by atoms with Gasteiger partial charge in [-0.1, -0.05) is 19.8 Å². The van der Waals surface area contributed by atoms with Gasteiger partial charge in [0.25, 0.3) is 0 Å². The summed E-state index contributed by atoms with van der Waals surface area (Å²) in [5, 5.41) is 0. The van der Waals surface area contributed by atoms with Crippen LogP contribution in [0.25, 0.3) is 0 Å². The minimum atomic E-state index is -3.59. The monoisotopic (exact) mass is 299 g/mol. The lowest BCUT2D eigenvalue weighted by molar-refractivity contribution is 0.310. The molecular weight excluding hydrogens is 277 g/mol. The summed E-state index contributed by atoms with van der Waals surface area (Å²) in [5.41, 5.74) is 0.914. The molecule has 2 unspecified atom stereocenters. The highest BCUT2D eigenvalue weighted by atomic mass is 32.2. The van der Waals surface area contributed by atoms with E-state index in [4.69, 9.17) is 0 Å². The van der Waals surface area contributed by atoms with Crippen LogP contribution in [0.4, 0.5) is 4.39 Å². The third-order valence-electron chi connectivity index (χ3n) is 4.11. The van der Waals surface area contributed by atoms with Crippen molar-refractivity contribution in [1.82, 2.24) is 4.72 Å². The van der Waals surface area contributed by atoms with E-state index in [0.29, 0.717) is 17.0 Å². The molecule has 3 nitrogen and oxygen atoms in total. The molecule has 0 amide bonds. The largest absolute Gasteiger partial charge is 0.241 e. The third-order valence-corrected chi connectivity index (χ3v) is 5.91. The molecule has 0 bridgehead atoms. The molecule has 1 aromatic carbocycles. The van der Waals surface area contributed by atoms with E-state index in [1.807, 2.05) is 0 Å². The highest BCUT2D eigenvalue weighted by Gasteiger charge is 2.28. The van der Waals surface area contributed by atoms with Gasteiger partial charge in [0.05, 0.1) is 4.90 Å². The van der Waals surface area contributed by atoms with Crippen LogP contribution in [-0.4, -0.2) is 14.5 Å². The topological polar surface area (TPSA) is 46.2 Å². The molecule has 5 heteroatoms. The first kappa shape index (κ1) is 15.4. The quantitative estimate of drug-likeness (QED) is 0.931. The molecule has 1 saturated carbocycles. The summed E-state index contributed by atoms with van der Waals surface area (Å²) >= 11 is 0. The van der Waals surface area contributed by atoms with Gasteiger partial charge >= 0.3 is 0 Å². The third kappa shape index (κ3) is 3.20. The van der Waals surface area contributed by atoms with E-state index < -0.39 is 15.8 Å². The van der Waals surface area contributed by atoms with Gasteiger partial charge in [-0.2, -0.15) is 0 Å². The predicted octanol–water partition coefficient (Wildman–Crippen LogP) is 3.30. The number of aryl methyl sites for hydroxylation is 2. The zero-order chi connectivity index (χ0) is 14.9. The fourth-order valence-electron chi connectivity index (χ4n) is 3.07. The Morgan fingerprint density at radius 3 is 2.25 bits per heavy atom. The number of nitrogens with one attached hydrogen (secondary N) is 1. The van der Waals surface area contributed by atoms with E-state index in [-0.39, 0.29) is 10.9 Å². The average Bonchev–Trinajstić information content (AvgIpc) is 2.30. The summed E-state index contributed by atoms with van der Waals surface area (Å²) in [5.74, 6) is -0.0513. The molecule has 1 aromatic rings. The van der Waals surface area contributed by atoms with Gasteiger partial charge in [-0.15, -0.1) is 0 Å². The van der Waals surface area contributed by atoms with Crippen molar-refractivity contribution >= 4 is 10.0 Å². The number of hydrogen-bond acceptors (Lipinski definition) is 2. The minimum Gasteiger partial charge on any atom is -0.208 e. The first-order valence-corrected chi connectivity index (χ1v) is 8.58. The maximum Gasteiger partial charge on any atom is 0.241 e. The lowest BCUT2D eigenvalue weighted by Gasteiger charge is -2.29. The summed E-state index contributed by atoms with van der Waals surface area (Å²) in [6, 6.07) is 2.52. The molecule has 0 aromatic heterocycles. The molecule has 0 spiro atoms. The number of hydrogen-bond donors (Lipinski definition) is 1. The summed E-state index contributed by atoms with van der Waals surface area (Å²) in [6.45, 7) is 5.35. The van der Waals surface area contributed by atoms with Crippen molar-refractivity contribution in [2.24, 2.45) is 5.92 Å². The van der Waals surface area contributed by atoms with E-state index in [1.54, 1.807) is 13.8 Å². The van der Waals surface area contributed by atoms with E-state index in [1.165, 1.54) is 12.1 Å². The van der Waals surface area contributed by atoms with Crippen LogP contribution in [-0.2, 0) is 10.0 Å². The van der Waals surface area contributed by atoms with E-state index in [0.717, 1.165) is 25.7 Å². The number of sulfonamides is 1. The number of halogens is 1. The average molecular weight is 299 g/mol. The second kappa shape index (κ2) is 5.82. The van der Waals surface area contributed by atoms with Crippen LogP contribution in [0, 0.1) is 25.6 Å². The van der Waals surface area contributed by atoms with Crippen molar-refractivity contribution in [3.05, 3.63) is 29.1 Å². The van der Waals surface area contributed by atoms with Gasteiger partial charge in [-0.05, 0) is 55.9 Å². The van der Waals surface area contributed by atoms with Crippen LogP contribution in [0.5, 0.6) is 0 Å². The molecule has 0 aliphatic heterocycles. The summed E-state index contributed by atoms with van der Waals surface area (Å²) in [4.78, 5) is 0.219. The number of benzene rings is 1. The lowest BCUT2D eigenvalue weighted by atomic mass is 9.87. The Morgan fingerprint density at radius 2 is 1.70 bits per heavy atom. The molecule has 0 heterocycles. The maximum atomic E-state index is 13.3. The van der Waals surface area contributed by atoms with Gasteiger partial charge in [0.1, 0.15) is 5.82 Å². The zero-order valence-corrected chi connectivity index (χ0v) is 13.1. The van der Waals surface area contributed by atoms with Crippen molar-refractivity contribution in [1.29, 1.82) is 0 Å². The minimum absolute atomic E-state index is 0.0161. The molecule has 1 aliphatic carbocycles. The van der Waals surface area contributed by atoms with Crippen molar-refractivity contribution in [2.75, 3.05) is 0 Å². The summed E-state index contributed by atoms with van der Waals surface area (Å²) in [7, 11) is -3.59. The lowest BCUT2D eigenvalue weighted by Crippen LogP contribution is -2.41. The Morgan fingerprint density at radius 1 is 1.15 bits per heavy atom. The first-order valence-electron chi connectivity index (χ1n) is 7.10. The van der Waals surface area contributed by atoms with Crippen molar-refractivity contribution < 1.29 is 12.8 Å². The van der Waals surface area contributed by atoms with Gasteiger partial charge in [-0.3, -0.25) is 0 Å². The van der Waals surface area contributed by atoms with Crippen LogP contribution in [0.2, 0.25) is 0 Å². The van der Waals surface area contributed by atoms with E-state index >= 15 is 0 Å². The molecule has 2 atom stereocenters. The number of rotatable bonds is 3. The highest BCUT2D eigenvalue weighted by molar-refractivity contribution is 7.89. The molecule has 1 aliphatic rings. The standard InChI is InChI=1S/C15H22FNO2S/c1-10-6-4-5-7-14(10)17-20(18,19)15-11(2)8-13(16)9-12(15)3/h8-10,14,17H,4-7H2,1-3H3. The molecular formula is C15H22FNO2S. The van der Waals surface area contributed by atoms with Gasteiger partial charge < -0.3 is 0 Å². The highest BCUT2D eigenvalue weighted by Crippen LogP contribution is 2.27. The maximum absolute atomic E-state index is 13.3. The summed E-state index contributed by atoms with van der Waals surface area (Å²) in [6.07, 6.45) is 4.14. The predicted molar refractivity (Wildman–Crippen MR) is 77.6 cm³/mol. The normalized spacial score (nSPS) is 23.8. The Hall–Kier alpha value is -0.940. The molecule has 1 N–H and O–H groups in total. The second-order valence-electron chi connectivity index (χ2n) is 5.86. The van der Waals surface area contributed by atoms with Gasteiger partial charge in [-0.25, -0.2) is 17.5 Å². The van der Waals surface area contributed by atoms with Crippen LogP contribution in [0.1, 0.15) is 43.7 Å². The molecule has 20 heavy (non-hydrogen) atoms. The van der Waals surface area contributed by atoms with Crippen molar-refractivity contribution in [3.8, 4) is 0 Å². The zero-order valence-electron chi connectivity index (χ0n) is 12.2. The Labute approximate surface area is 120 Å². The SMILES string of the molecule is Cc1cc(F)cc(C)c1S(=O)(=O)NC1CCCCC1C. The molecule has 112 valence electrons. The van der Waals surface area contributed by atoms with E-state index in [2.05, 4.69) is 11.6 Å². The molecule has 2 rings (SSSR count). The first-order chi connectivity index (χ1) is 9.31. The molecule has 1 fully saturated rings. The van der Waals surface area contributed by atoms with Crippen LogP contribution < -0.4 is 4.72 Å². The van der Waals surface area contributed by atoms with Crippen LogP contribution >= 0.6 is 0 Å². The Balaban J connectivity index is 2.31. The molecule has 0 saturated heterocycles. The van der Waals surface area contributed by atoms with Gasteiger partial charge in [0, 0.05) is 6.04 Å². The van der Waals surface area contributed by atoms with Gasteiger partial charge in [0.15, 0.2) is 0 Å². The Bertz CT molecular complexity index is 575. The smallest absolute Gasteiger partial charge is 0.208 e. The Kier molecular flexibility index (Phi) is 4.49. The fraction of sp³-hybridized carbons (Fsp3) is 0.600. The van der Waals surface area contributed by atoms with Crippen LogP contribution in [0.15, 0.2) is 17.0 Å². The van der Waals surface area contributed by atoms with Crippen LogP contribution in [0.3, 0.4) is 0 Å². The van der Waals surface area contributed by atoms with E-state index in [9.17, 15) is 12.8 Å². The fourth-order valence-corrected chi connectivity index (χ4v) is 4.90.